The number of amides is 2. The summed E-state index contributed by atoms with van der Waals surface area (Å²) in [7, 11) is 1.91. The zero-order valence-electron chi connectivity index (χ0n) is 27.8. The lowest BCUT2D eigenvalue weighted by molar-refractivity contribution is 0.0601. The molecular formula is C35H51N5O4. The third-order valence-electron chi connectivity index (χ3n) is 8.74. The van der Waals surface area contributed by atoms with E-state index in [1.165, 1.54) is 11.1 Å². The Morgan fingerprint density at radius 2 is 1.95 bits per heavy atom. The first-order valence-electron chi connectivity index (χ1n) is 15.7. The highest BCUT2D eigenvalue weighted by Crippen LogP contribution is 2.42. The van der Waals surface area contributed by atoms with Crippen molar-refractivity contribution in [2.24, 2.45) is 18.4 Å². The van der Waals surface area contributed by atoms with E-state index in [4.69, 9.17) is 9.47 Å². The number of nitrogens with one attached hydrogen (secondary N) is 2. The molecule has 0 radical (unpaired) electrons. The number of imidazole rings is 1. The van der Waals surface area contributed by atoms with Gasteiger partial charge in [0.25, 0.3) is 0 Å². The number of carbonyl (C=O) groups excluding carboxylic acids is 2. The maximum atomic E-state index is 13.1. The Bertz CT molecular complexity index is 1380. The minimum absolute atomic E-state index is 0.0704. The molecule has 2 fully saturated rings. The number of rotatable bonds is 10. The number of alkyl carbamates (subject to hydrolysis) is 1. The van der Waals surface area contributed by atoms with Gasteiger partial charge < -0.3 is 24.3 Å². The number of aromatic nitrogens is 2. The van der Waals surface area contributed by atoms with Gasteiger partial charge in [-0.25, -0.2) is 14.6 Å². The Balaban J connectivity index is 1.63. The lowest BCUT2D eigenvalue weighted by Gasteiger charge is -2.37. The molecule has 4 rings (SSSR count). The van der Waals surface area contributed by atoms with Gasteiger partial charge in [-0.2, -0.15) is 0 Å². The van der Waals surface area contributed by atoms with Gasteiger partial charge in [-0.1, -0.05) is 62.8 Å². The fraction of sp³-hybridized carbons (Fsp3) is 0.571. The summed E-state index contributed by atoms with van der Waals surface area (Å²) in [4.78, 5) is 32.1. The van der Waals surface area contributed by atoms with Crippen LogP contribution in [-0.2, 0) is 16.5 Å². The first kappa shape index (κ1) is 33.3. The number of piperidine rings is 1. The van der Waals surface area contributed by atoms with Crippen molar-refractivity contribution in [1.29, 1.82) is 0 Å². The molecular weight excluding hydrogens is 554 g/mol. The number of hydrogen-bond donors (Lipinski definition) is 2. The maximum Gasteiger partial charge on any atom is 0.409 e. The van der Waals surface area contributed by atoms with Crippen molar-refractivity contribution in [3.8, 4) is 0 Å². The topological polar surface area (TPSA) is 108 Å². The zero-order chi connectivity index (χ0) is 32.2. The summed E-state index contributed by atoms with van der Waals surface area (Å²) in [5.41, 5.74) is 5.54. The number of nitrogens with zero attached hydrogens (tertiary/aromatic N) is 3. The molecule has 1 aromatic heterocycles. The second-order valence-electron chi connectivity index (χ2n) is 14.0. The number of allylic oxidation sites excluding steroid dienone is 2. The van der Waals surface area contributed by atoms with Gasteiger partial charge in [-0.15, -0.1) is 0 Å². The highest BCUT2D eigenvalue weighted by molar-refractivity contribution is 5.78. The van der Waals surface area contributed by atoms with E-state index in [1.54, 1.807) is 12.5 Å². The molecule has 2 aromatic rings. The highest BCUT2D eigenvalue weighted by atomic mass is 16.6. The van der Waals surface area contributed by atoms with Gasteiger partial charge in [0.2, 0.25) is 0 Å². The molecule has 1 aromatic carbocycles. The van der Waals surface area contributed by atoms with Gasteiger partial charge in [0.1, 0.15) is 0 Å². The molecule has 2 saturated heterocycles. The van der Waals surface area contributed by atoms with E-state index in [2.05, 4.69) is 88.0 Å². The summed E-state index contributed by atoms with van der Waals surface area (Å²) in [6, 6.07) is 6.01. The number of aryl methyl sites for hydroxylation is 2. The quantitative estimate of drug-likeness (QED) is 0.226. The van der Waals surface area contributed by atoms with Crippen LogP contribution in [0.5, 0.6) is 0 Å². The van der Waals surface area contributed by atoms with E-state index in [0.29, 0.717) is 32.2 Å². The highest BCUT2D eigenvalue weighted by Gasteiger charge is 2.42. The molecule has 3 atom stereocenters. The van der Waals surface area contributed by atoms with Crippen LogP contribution >= 0.6 is 0 Å². The van der Waals surface area contributed by atoms with Crippen molar-refractivity contribution < 1.29 is 19.1 Å². The van der Waals surface area contributed by atoms with Gasteiger partial charge in [0, 0.05) is 20.1 Å². The lowest BCUT2D eigenvalue weighted by Crippen LogP contribution is -2.41. The maximum absolute atomic E-state index is 13.1. The largest absolute Gasteiger partial charge is 0.449 e. The fourth-order valence-corrected chi connectivity index (χ4v) is 5.81. The standard InChI is InChI=1S/C35H51N5O4/c1-10-23(2)17-29(26-13-15-40(16-14-26)33(42)43-21-34(5,6)7)27-12-11-24(3)18-28(27)25(4)31(30-19-36-22-39(30)9)38-32(41)44-35(8)20-37-35/h10-12,18-19,22,26,29,31,37H,4,13-17,20-21H2,1-3,5-9H3,(H,38,41)/b23-10-. The molecule has 3 heterocycles. The van der Waals surface area contributed by atoms with Crippen LogP contribution in [0.15, 0.2) is 49.0 Å². The predicted octanol–water partition coefficient (Wildman–Crippen LogP) is 6.86. The summed E-state index contributed by atoms with van der Waals surface area (Å²) >= 11 is 0. The van der Waals surface area contributed by atoms with E-state index >= 15 is 0 Å². The van der Waals surface area contributed by atoms with Crippen LogP contribution in [0.2, 0.25) is 0 Å². The Kier molecular flexibility index (Phi) is 10.3. The first-order chi connectivity index (χ1) is 20.7. The Morgan fingerprint density at radius 3 is 2.52 bits per heavy atom. The second kappa shape index (κ2) is 13.6. The summed E-state index contributed by atoms with van der Waals surface area (Å²) in [5.74, 6) is 0.569. The fourth-order valence-electron chi connectivity index (χ4n) is 5.81. The van der Waals surface area contributed by atoms with Crippen molar-refractivity contribution in [3.63, 3.8) is 0 Å². The van der Waals surface area contributed by atoms with Crippen molar-refractivity contribution >= 4 is 17.8 Å². The Hall–Kier alpha value is -3.59. The van der Waals surface area contributed by atoms with Crippen LogP contribution in [0.3, 0.4) is 0 Å². The average Bonchev–Trinajstić information content (AvgIpc) is 3.54. The first-order valence-corrected chi connectivity index (χ1v) is 15.7. The lowest BCUT2D eigenvalue weighted by atomic mass is 9.74. The van der Waals surface area contributed by atoms with Crippen LogP contribution < -0.4 is 10.6 Å². The molecule has 44 heavy (non-hydrogen) atoms. The van der Waals surface area contributed by atoms with Crippen molar-refractivity contribution in [2.75, 3.05) is 26.2 Å². The molecule has 2 N–H and O–H groups in total. The minimum atomic E-state index is -0.639. The summed E-state index contributed by atoms with van der Waals surface area (Å²) in [6.45, 7) is 21.3. The van der Waals surface area contributed by atoms with Crippen LogP contribution in [0.1, 0.15) is 95.1 Å². The number of benzene rings is 1. The molecule has 2 amide bonds. The molecule has 2 aliphatic heterocycles. The zero-order valence-corrected chi connectivity index (χ0v) is 27.8. The van der Waals surface area contributed by atoms with Crippen LogP contribution in [-0.4, -0.2) is 58.6 Å². The monoisotopic (exact) mass is 605 g/mol. The van der Waals surface area contributed by atoms with Crippen molar-refractivity contribution in [2.45, 2.75) is 85.4 Å². The average molecular weight is 606 g/mol. The van der Waals surface area contributed by atoms with Crippen molar-refractivity contribution in [1.82, 2.24) is 25.1 Å². The van der Waals surface area contributed by atoms with Gasteiger partial charge in [0.15, 0.2) is 5.72 Å². The molecule has 0 spiro atoms. The van der Waals surface area contributed by atoms with Crippen LogP contribution in [0.4, 0.5) is 9.59 Å². The smallest absolute Gasteiger partial charge is 0.409 e. The second-order valence-corrected chi connectivity index (χ2v) is 14.0. The van der Waals surface area contributed by atoms with Gasteiger partial charge in [0.05, 0.1) is 37.4 Å². The SMILES string of the molecule is C=C(c1cc(C)ccc1C(C/C(C)=C\C)C1CCN(C(=O)OCC(C)(C)C)CC1)C(NC(=O)OC1(C)CN1)c1cncn1C. The van der Waals surface area contributed by atoms with E-state index < -0.39 is 17.9 Å². The molecule has 240 valence electrons. The summed E-state index contributed by atoms with van der Waals surface area (Å²) in [6.07, 6.45) is 7.59. The third-order valence-corrected chi connectivity index (χ3v) is 8.74. The Labute approximate surface area is 263 Å². The summed E-state index contributed by atoms with van der Waals surface area (Å²) < 4.78 is 13.2. The number of likely N-dealkylation sites (tertiary alicyclic amines) is 1. The predicted molar refractivity (Wildman–Crippen MR) is 174 cm³/mol. The molecule has 0 aliphatic carbocycles. The molecule has 9 nitrogen and oxygen atoms in total. The van der Waals surface area contributed by atoms with Crippen LogP contribution in [0.25, 0.3) is 5.57 Å². The number of ether oxygens (including phenoxy) is 2. The van der Waals surface area contributed by atoms with E-state index in [1.807, 2.05) is 23.4 Å². The van der Waals surface area contributed by atoms with E-state index in [-0.39, 0.29) is 17.4 Å². The van der Waals surface area contributed by atoms with Crippen molar-refractivity contribution in [3.05, 3.63) is 71.3 Å². The molecule has 0 saturated carbocycles. The van der Waals surface area contributed by atoms with Gasteiger partial charge in [-0.05, 0) is 80.9 Å². The summed E-state index contributed by atoms with van der Waals surface area (Å²) in [5, 5.41) is 6.16. The minimum Gasteiger partial charge on any atom is -0.449 e. The molecule has 3 unspecified atom stereocenters. The molecule has 0 bridgehead atoms. The third kappa shape index (κ3) is 8.52. The normalized spacial score (nSPS) is 20.5. The Morgan fingerprint density at radius 1 is 1.27 bits per heavy atom. The van der Waals surface area contributed by atoms with E-state index in [0.717, 1.165) is 41.7 Å². The molecule has 2 aliphatic rings. The van der Waals surface area contributed by atoms with Gasteiger partial charge in [-0.3, -0.25) is 5.32 Å². The van der Waals surface area contributed by atoms with Gasteiger partial charge >= 0.3 is 12.2 Å². The number of carbonyl (C=O) groups is 2. The van der Waals surface area contributed by atoms with Crippen LogP contribution in [0, 0.1) is 18.3 Å². The van der Waals surface area contributed by atoms with E-state index in [9.17, 15) is 9.59 Å². The molecule has 9 heteroatoms. The number of hydrogen-bond acceptors (Lipinski definition) is 6.